The maximum Gasteiger partial charge on any atom is 0.317 e. The summed E-state index contributed by atoms with van der Waals surface area (Å²) in [5.74, 6) is -1.90. The first-order chi connectivity index (χ1) is 32.4. The number of carboxylic acids is 1. The number of aliphatic carboxylic acids is 1. The van der Waals surface area contributed by atoms with Crippen LogP contribution in [0, 0.1) is 0 Å². The second kappa shape index (κ2) is 17.4. The van der Waals surface area contributed by atoms with Crippen molar-refractivity contribution in [1.29, 1.82) is 0 Å². The summed E-state index contributed by atoms with van der Waals surface area (Å²) in [5.41, 5.74) is 7.54. The van der Waals surface area contributed by atoms with Gasteiger partial charge in [0.25, 0.3) is 0 Å². The van der Waals surface area contributed by atoms with Gasteiger partial charge in [0.15, 0.2) is 35.6 Å². The number of aliphatic hydroxyl groups is 6. The normalized spacial score (nSPS) is 30.6. The van der Waals surface area contributed by atoms with E-state index in [-0.39, 0.29) is 56.5 Å². The first-order valence-electron chi connectivity index (χ1n) is 21.9. The van der Waals surface area contributed by atoms with Gasteiger partial charge in [-0.05, 0) is 48.4 Å². The molecule has 0 saturated carbocycles. The molecule has 354 valence electrons. The van der Waals surface area contributed by atoms with Crippen molar-refractivity contribution in [2.75, 3.05) is 33.2 Å². The molecule has 7 heterocycles. The molecule has 20 nitrogen and oxygen atoms in total. The SMILES string of the molecule is N[C@@H]1NC=C[C@@]2(O[C@H]3Oc4cc5c(c(CN6CC7=CC=NC7=C6CO)c4CC[C@@]3(O)[C@@H](O)[C@@H]2O)[C@@H]2Oc3c(ccc(OCO)c3OCCO)[C@@H]2[C@@H](Cc2ccccc2)O5)[C@@H]1OC(=O)CC(=O)O. The van der Waals surface area contributed by atoms with Crippen LogP contribution in [0.25, 0.3) is 0 Å². The third kappa shape index (κ3) is 7.44. The number of fused-ring (bicyclic) bond motifs is 8. The van der Waals surface area contributed by atoms with Gasteiger partial charge in [0.1, 0.15) is 55.1 Å². The number of carbonyl (C=O) groups excluding carboxylic acids is 1. The molecular weight excluding hydrogens is 877 g/mol. The molecular formula is C47H50N4O16. The number of benzene rings is 3. The summed E-state index contributed by atoms with van der Waals surface area (Å²) < 4.78 is 44.5. The number of ether oxygens (including phenoxy) is 7. The van der Waals surface area contributed by atoms with E-state index in [2.05, 4.69) is 10.3 Å². The van der Waals surface area contributed by atoms with Gasteiger partial charge < -0.3 is 84.9 Å². The number of hydrogen-bond donors (Lipinski definition) is 9. The van der Waals surface area contributed by atoms with Crippen molar-refractivity contribution < 1.29 is 78.5 Å². The standard InChI is InChI=1S/C47H50N4O16/c48-44-43(65-34(57)18-33(55)56)47(11-13-50-44)42(59)41(58)46(60)10-8-25-27(20-51-19-24-9-12-49-37(24)28(51)21-53)36-32(17-30(25)64-45(46)67-47)63-31(16-23-4-2-1-3-5-23)35-26-6-7-29(62-22-54)39(61-15-14-52)38(26)66-40(35)36/h1-7,9,11-13,17,31,35,40-45,50,52-54,58-60H,8,10,14-16,18-22,48H2,(H,55,56)/t31-,35-,40-,41+,42+,43-,44-,45-,46-,47+/m1/s1. The van der Waals surface area contributed by atoms with E-state index in [0.717, 1.165) is 16.7 Å². The van der Waals surface area contributed by atoms with Crippen LogP contribution in [-0.2, 0) is 38.4 Å². The molecule has 10 atom stereocenters. The molecule has 67 heavy (non-hydrogen) atoms. The largest absolute Gasteiger partial charge is 0.489 e. The molecule has 0 bridgehead atoms. The minimum Gasteiger partial charge on any atom is -0.489 e. The summed E-state index contributed by atoms with van der Waals surface area (Å²) in [6, 6.07) is 14.9. The topological polar surface area (TPSA) is 294 Å². The zero-order chi connectivity index (χ0) is 46.8. The van der Waals surface area contributed by atoms with E-state index in [4.69, 9.17) is 38.9 Å². The van der Waals surface area contributed by atoms with Crippen molar-refractivity contribution in [3.63, 3.8) is 0 Å². The van der Waals surface area contributed by atoms with Gasteiger partial charge in [-0.1, -0.05) is 36.4 Å². The zero-order valence-electron chi connectivity index (χ0n) is 35.9. The molecule has 20 heteroatoms. The van der Waals surface area contributed by atoms with Gasteiger partial charge >= 0.3 is 11.9 Å². The molecule has 0 amide bonds. The van der Waals surface area contributed by atoms with E-state index >= 15 is 0 Å². The number of esters is 1. The predicted octanol–water partition coefficient (Wildman–Crippen LogP) is 0.299. The van der Waals surface area contributed by atoms with Crippen molar-refractivity contribution in [3.8, 4) is 28.7 Å². The molecule has 7 aliphatic rings. The van der Waals surface area contributed by atoms with Crippen LogP contribution < -0.4 is 34.7 Å². The highest BCUT2D eigenvalue weighted by Crippen LogP contribution is 2.61. The number of carbonyl (C=O) groups is 2. The fourth-order valence-corrected chi connectivity index (χ4v) is 10.5. The van der Waals surface area contributed by atoms with Gasteiger partial charge in [-0.3, -0.25) is 14.6 Å². The highest BCUT2D eigenvalue weighted by Gasteiger charge is 2.67. The average molecular weight is 927 g/mol. The second-order valence-corrected chi connectivity index (χ2v) is 17.4. The van der Waals surface area contributed by atoms with E-state index in [1.807, 2.05) is 47.4 Å². The maximum absolute atomic E-state index is 12.8. The van der Waals surface area contributed by atoms with E-state index in [0.29, 0.717) is 52.5 Å². The lowest BCUT2D eigenvalue weighted by Gasteiger charge is -2.55. The Labute approximate surface area is 382 Å². The quantitative estimate of drug-likeness (QED) is 0.0633. The molecule has 0 radical (unpaired) electrons. The number of nitrogens with two attached hydrogens (primary N) is 1. The van der Waals surface area contributed by atoms with Gasteiger partial charge in [0, 0.05) is 54.1 Å². The summed E-state index contributed by atoms with van der Waals surface area (Å²) >= 11 is 0. The fourth-order valence-electron chi connectivity index (χ4n) is 10.5. The first-order valence-corrected chi connectivity index (χ1v) is 21.9. The maximum atomic E-state index is 12.8. The molecule has 0 aliphatic carbocycles. The summed E-state index contributed by atoms with van der Waals surface area (Å²) in [6.07, 6.45) is -4.60. The number of nitrogens with zero attached hydrogens (tertiary/aromatic N) is 2. The molecule has 0 unspecified atom stereocenters. The number of rotatable bonds is 13. The van der Waals surface area contributed by atoms with Crippen molar-refractivity contribution in [1.82, 2.24) is 10.2 Å². The number of nitrogens with one attached hydrogen (secondary N) is 1. The predicted molar refractivity (Wildman–Crippen MR) is 231 cm³/mol. The Kier molecular flexibility index (Phi) is 11.6. The van der Waals surface area contributed by atoms with Crippen LogP contribution >= 0.6 is 0 Å². The van der Waals surface area contributed by atoms with Crippen LogP contribution in [0.1, 0.15) is 52.7 Å². The van der Waals surface area contributed by atoms with Gasteiger partial charge in [-0.2, -0.15) is 0 Å². The second-order valence-electron chi connectivity index (χ2n) is 17.4. The third-order valence-electron chi connectivity index (χ3n) is 13.6. The van der Waals surface area contributed by atoms with Gasteiger partial charge in [0.2, 0.25) is 12.0 Å². The van der Waals surface area contributed by atoms with Crippen LogP contribution in [0.2, 0.25) is 0 Å². The molecule has 1 spiro atoms. The number of aliphatic imine (C=N–C) groups is 1. The lowest BCUT2D eigenvalue weighted by Crippen LogP contribution is -2.77. The summed E-state index contributed by atoms with van der Waals surface area (Å²) in [7, 11) is 0. The van der Waals surface area contributed by atoms with Crippen LogP contribution in [0.3, 0.4) is 0 Å². The van der Waals surface area contributed by atoms with Crippen molar-refractivity contribution in [2.45, 2.75) is 92.3 Å². The molecule has 3 aromatic rings. The Morgan fingerprint density at radius 3 is 2.60 bits per heavy atom. The average Bonchev–Trinajstić information content (AvgIpc) is 3.99. The van der Waals surface area contributed by atoms with Gasteiger partial charge in [-0.25, -0.2) is 0 Å². The molecule has 3 aromatic carbocycles. The Morgan fingerprint density at radius 2 is 1.84 bits per heavy atom. The van der Waals surface area contributed by atoms with Crippen LogP contribution in [0.4, 0.5) is 0 Å². The lowest BCUT2D eigenvalue weighted by atomic mass is 9.73. The molecule has 0 aromatic heterocycles. The zero-order valence-corrected chi connectivity index (χ0v) is 35.9. The minimum absolute atomic E-state index is 0.0376. The van der Waals surface area contributed by atoms with Gasteiger partial charge in [0.05, 0.1) is 30.5 Å². The molecule has 10 N–H and O–H groups in total. The minimum atomic E-state index is -2.30. The summed E-state index contributed by atoms with van der Waals surface area (Å²) in [5, 5.41) is 78.9. The Hall–Kier alpha value is -6.23. The Balaban J connectivity index is 1.12. The summed E-state index contributed by atoms with van der Waals surface area (Å²) in [6.45, 7) is -0.855. The summed E-state index contributed by atoms with van der Waals surface area (Å²) in [4.78, 5) is 30.7. The molecule has 1 saturated heterocycles. The Morgan fingerprint density at radius 1 is 1.01 bits per heavy atom. The molecule has 1 fully saturated rings. The third-order valence-corrected chi connectivity index (χ3v) is 13.6. The molecule has 10 rings (SSSR count). The van der Waals surface area contributed by atoms with E-state index < -0.39 is 85.2 Å². The van der Waals surface area contributed by atoms with Crippen LogP contribution in [0.5, 0.6) is 28.7 Å². The van der Waals surface area contributed by atoms with Crippen molar-refractivity contribution in [2.24, 2.45) is 10.7 Å². The number of aliphatic hydroxyl groups excluding tert-OH is 5. The molecule has 7 aliphatic heterocycles. The fraction of sp³-hybridized carbons (Fsp3) is 0.426. The van der Waals surface area contributed by atoms with E-state index in [1.54, 1.807) is 18.3 Å². The van der Waals surface area contributed by atoms with Crippen LogP contribution in [0.15, 0.2) is 88.8 Å². The van der Waals surface area contributed by atoms with E-state index in [1.165, 1.54) is 12.3 Å². The van der Waals surface area contributed by atoms with Crippen molar-refractivity contribution >= 4 is 18.2 Å². The van der Waals surface area contributed by atoms with Gasteiger partial charge in [-0.15, -0.1) is 0 Å². The lowest BCUT2D eigenvalue weighted by molar-refractivity contribution is -0.354. The highest BCUT2D eigenvalue weighted by atomic mass is 16.7. The number of allylic oxidation sites excluding steroid dienone is 1. The Bertz CT molecular complexity index is 2590. The van der Waals surface area contributed by atoms with E-state index in [9.17, 15) is 45.3 Å². The smallest absolute Gasteiger partial charge is 0.317 e. The number of hydrogen-bond acceptors (Lipinski definition) is 19. The highest BCUT2D eigenvalue weighted by molar-refractivity contribution is 5.90. The first kappa shape index (κ1) is 44.6. The van der Waals surface area contributed by atoms with Crippen molar-refractivity contribution in [3.05, 3.63) is 112 Å². The monoisotopic (exact) mass is 926 g/mol. The number of carboxylic acid groups (broad SMARTS) is 1. The van der Waals surface area contributed by atoms with Crippen LogP contribution in [-0.4, -0.2) is 140 Å².